The molecule has 1 aliphatic carbocycles. The topological polar surface area (TPSA) is 101 Å². The van der Waals surface area contributed by atoms with E-state index in [2.05, 4.69) is 22.2 Å². The van der Waals surface area contributed by atoms with Crippen molar-refractivity contribution in [3.05, 3.63) is 104 Å². The molecule has 0 aromatic heterocycles. The molecule has 0 radical (unpaired) electrons. The molecule has 3 aromatic rings. The molecule has 5 rings (SSSR count). The number of non-ortho nitro benzene ring substituents is 1. The standard InChI is InChI=1S/C24H19Cl2N3O4S/c25-15-10-16(26)12-17(11-15)28-34(32,33)19-8-9-23-22(13-19)20-2-1-3-21(20)24(27-23)14-4-6-18(7-5-14)29(30)31/h1-2,4-13,20-21,24,27-28H,3H2/t20-,21+,24+/m0/s1. The highest BCUT2D eigenvalue weighted by Gasteiger charge is 2.38. The maximum atomic E-state index is 13.1. The van der Waals surface area contributed by atoms with Crippen molar-refractivity contribution in [2.24, 2.45) is 5.92 Å². The summed E-state index contributed by atoms with van der Waals surface area (Å²) in [5.41, 5.74) is 3.01. The van der Waals surface area contributed by atoms with Crippen LogP contribution in [0.1, 0.15) is 29.5 Å². The third kappa shape index (κ3) is 4.24. The highest BCUT2D eigenvalue weighted by molar-refractivity contribution is 7.92. The summed E-state index contributed by atoms with van der Waals surface area (Å²) in [6.07, 6.45) is 5.01. The molecule has 7 nitrogen and oxygen atoms in total. The zero-order valence-electron chi connectivity index (χ0n) is 17.6. The van der Waals surface area contributed by atoms with Crippen LogP contribution in [0.15, 0.2) is 77.7 Å². The summed E-state index contributed by atoms with van der Waals surface area (Å²) in [4.78, 5) is 10.7. The molecule has 10 heteroatoms. The minimum Gasteiger partial charge on any atom is -0.378 e. The fourth-order valence-electron chi connectivity index (χ4n) is 4.70. The minimum atomic E-state index is -3.87. The molecule has 0 spiro atoms. The summed E-state index contributed by atoms with van der Waals surface area (Å²) in [6.45, 7) is 0. The van der Waals surface area contributed by atoms with Crippen LogP contribution in [0.3, 0.4) is 0 Å². The highest BCUT2D eigenvalue weighted by Crippen LogP contribution is 2.50. The van der Waals surface area contributed by atoms with Crippen LogP contribution in [0, 0.1) is 16.0 Å². The molecule has 0 unspecified atom stereocenters. The van der Waals surface area contributed by atoms with Crippen LogP contribution >= 0.6 is 23.2 Å². The number of allylic oxidation sites excluding steroid dienone is 2. The zero-order valence-corrected chi connectivity index (χ0v) is 19.9. The Kier molecular flexibility index (Phi) is 5.75. The number of rotatable bonds is 5. The van der Waals surface area contributed by atoms with Gasteiger partial charge in [-0.25, -0.2) is 8.42 Å². The average molecular weight is 516 g/mol. The number of nitrogens with one attached hydrogen (secondary N) is 2. The largest absolute Gasteiger partial charge is 0.378 e. The first-order chi connectivity index (χ1) is 16.2. The van der Waals surface area contributed by atoms with E-state index < -0.39 is 14.9 Å². The quantitative estimate of drug-likeness (QED) is 0.228. The molecule has 1 heterocycles. The first-order valence-corrected chi connectivity index (χ1v) is 12.8. The van der Waals surface area contributed by atoms with Crippen LogP contribution in [-0.2, 0) is 10.0 Å². The second-order valence-corrected chi connectivity index (χ2v) is 10.9. The van der Waals surface area contributed by atoms with Gasteiger partial charge in [-0.1, -0.05) is 47.5 Å². The van der Waals surface area contributed by atoms with Crippen LogP contribution < -0.4 is 10.0 Å². The summed E-state index contributed by atoms with van der Waals surface area (Å²) in [5.74, 6) is 0.179. The van der Waals surface area contributed by atoms with Gasteiger partial charge in [0, 0.05) is 33.8 Å². The molecule has 2 aliphatic rings. The molecule has 0 saturated heterocycles. The number of nitrogens with zero attached hydrogens (tertiary/aromatic N) is 1. The lowest BCUT2D eigenvalue weighted by molar-refractivity contribution is -0.384. The Morgan fingerprint density at radius 2 is 1.71 bits per heavy atom. The van der Waals surface area contributed by atoms with E-state index in [1.807, 2.05) is 0 Å². The van der Waals surface area contributed by atoms with E-state index in [-0.39, 0.29) is 34.1 Å². The number of nitro benzene ring substituents is 1. The smallest absolute Gasteiger partial charge is 0.269 e. The van der Waals surface area contributed by atoms with Gasteiger partial charge >= 0.3 is 0 Å². The Morgan fingerprint density at radius 3 is 2.38 bits per heavy atom. The van der Waals surface area contributed by atoms with Gasteiger partial charge in [-0.3, -0.25) is 14.8 Å². The maximum Gasteiger partial charge on any atom is 0.269 e. The fourth-order valence-corrected chi connectivity index (χ4v) is 6.30. The lowest BCUT2D eigenvalue weighted by Gasteiger charge is -2.37. The molecule has 3 atom stereocenters. The Labute approximate surface area is 206 Å². The predicted molar refractivity (Wildman–Crippen MR) is 133 cm³/mol. The summed E-state index contributed by atoms with van der Waals surface area (Å²) in [6, 6.07) is 16.0. The van der Waals surface area contributed by atoms with Gasteiger partial charge in [0.15, 0.2) is 0 Å². The zero-order chi connectivity index (χ0) is 24.0. The van der Waals surface area contributed by atoms with Crippen LogP contribution in [0.5, 0.6) is 0 Å². The maximum absolute atomic E-state index is 13.1. The molecule has 1 aliphatic heterocycles. The Hall–Kier alpha value is -3.07. The molecule has 0 fully saturated rings. The number of anilines is 2. The number of hydrogen-bond donors (Lipinski definition) is 2. The first-order valence-electron chi connectivity index (χ1n) is 10.5. The lowest BCUT2D eigenvalue weighted by Crippen LogP contribution is -2.29. The van der Waals surface area contributed by atoms with Gasteiger partial charge in [0.25, 0.3) is 15.7 Å². The molecule has 0 bridgehead atoms. The second-order valence-electron chi connectivity index (χ2n) is 8.34. The van der Waals surface area contributed by atoms with E-state index in [0.29, 0.717) is 10.0 Å². The van der Waals surface area contributed by atoms with Crippen molar-refractivity contribution >= 4 is 50.3 Å². The highest BCUT2D eigenvalue weighted by atomic mass is 35.5. The molecule has 3 aromatic carbocycles. The monoisotopic (exact) mass is 515 g/mol. The Balaban J connectivity index is 1.47. The number of benzene rings is 3. The molecule has 34 heavy (non-hydrogen) atoms. The van der Waals surface area contributed by atoms with E-state index in [1.165, 1.54) is 30.3 Å². The summed E-state index contributed by atoms with van der Waals surface area (Å²) >= 11 is 12.0. The number of sulfonamides is 1. The average Bonchev–Trinajstić information content (AvgIpc) is 3.27. The Morgan fingerprint density at radius 1 is 1.00 bits per heavy atom. The van der Waals surface area contributed by atoms with Crippen LogP contribution in [0.2, 0.25) is 10.0 Å². The van der Waals surface area contributed by atoms with Crippen LogP contribution in [-0.4, -0.2) is 13.3 Å². The molecule has 2 N–H and O–H groups in total. The van der Waals surface area contributed by atoms with Crippen molar-refractivity contribution in [3.63, 3.8) is 0 Å². The number of halogens is 2. The van der Waals surface area contributed by atoms with Gasteiger partial charge in [-0.15, -0.1) is 0 Å². The second kappa shape index (κ2) is 8.61. The predicted octanol–water partition coefficient (Wildman–Crippen LogP) is 6.53. The van der Waals surface area contributed by atoms with E-state index in [9.17, 15) is 18.5 Å². The van der Waals surface area contributed by atoms with E-state index in [1.54, 1.807) is 30.3 Å². The SMILES string of the molecule is O=[N+]([O-])c1ccc([C@H]2Nc3ccc(S(=O)(=O)Nc4cc(Cl)cc(Cl)c4)cc3[C@H]3C=CC[C@H]32)cc1. The van der Waals surface area contributed by atoms with E-state index in [4.69, 9.17) is 23.2 Å². The van der Waals surface area contributed by atoms with Gasteiger partial charge in [0.05, 0.1) is 21.5 Å². The van der Waals surface area contributed by atoms with E-state index in [0.717, 1.165) is 23.2 Å². The summed E-state index contributed by atoms with van der Waals surface area (Å²) in [7, 11) is -3.87. The normalized spacial score (nSPS) is 20.8. The molecule has 0 amide bonds. The Bertz CT molecular complexity index is 1400. The molecular weight excluding hydrogens is 497 g/mol. The van der Waals surface area contributed by atoms with Crippen LogP contribution in [0.25, 0.3) is 0 Å². The van der Waals surface area contributed by atoms with Crippen molar-refractivity contribution in [1.82, 2.24) is 0 Å². The summed E-state index contributed by atoms with van der Waals surface area (Å²) < 4.78 is 28.7. The van der Waals surface area contributed by atoms with Gasteiger partial charge in [-0.05, 0) is 59.9 Å². The van der Waals surface area contributed by atoms with Crippen molar-refractivity contribution in [3.8, 4) is 0 Å². The van der Waals surface area contributed by atoms with Crippen molar-refractivity contribution < 1.29 is 13.3 Å². The first kappa shape index (κ1) is 22.7. The van der Waals surface area contributed by atoms with Crippen molar-refractivity contribution in [2.45, 2.75) is 23.3 Å². The summed E-state index contributed by atoms with van der Waals surface area (Å²) in [5, 5.41) is 15.2. The third-order valence-electron chi connectivity index (χ3n) is 6.22. The third-order valence-corrected chi connectivity index (χ3v) is 8.04. The van der Waals surface area contributed by atoms with Gasteiger partial charge < -0.3 is 5.32 Å². The molecule has 174 valence electrons. The van der Waals surface area contributed by atoms with Crippen molar-refractivity contribution in [2.75, 3.05) is 10.0 Å². The number of hydrogen-bond acceptors (Lipinski definition) is 5. The fraction of sp³-hybridized carbons (Fsp3) is 0.167. The van der Waals surface area contributed by atoms with Gasteiger partial charge in [0.2, 0.25) is 0 Å². The van der Waals surface area contributed by atoms with Gasteiger partial charge in [0.1, 0.15) is 0 Å². The minimum absolute atomic E-state index is 0.0206. The van der Waals surface area contributed by atoms with E-state index >= 15 is 0 Å². The molecular formula is C24H19Cl2N3O4S. The number of fused-ring (bicyclic) bond motifs is 3. The van der Waals surface area contributed by atoms with Crippen molar-refractivity contribution in [1.29, 1.82) is 0 Å². The molecule has 0 saturated carbocycles. The van der Waals surface area contributed by atoms with Gasteiger partial charge in [-0.2, -0.15) is 0 Å². The number of nitro groups is 1. The lowest BCUT2D eigenvalue weighted by atomic mass is 9.77. The van der Waals surface area contributed by atoms with Crippen LogP contribution in [0.4, 0.5) is 17.1 Å².